The summed E-state index contributed by atoms with van der Waals surface area (Å²) >= 11 is 3.71. The maximum absolute atomic E-state index is 4.05. The Kier molecular flexibility index (Phi) is 12.2. The Bertz CT molecular complexity index is 1470. The summed E-state index contributed by atoms with van der Waals surface area (Å²) in [6, 6.07) is 54.8. The summed E-state index contributed by atoms with van der Waals surface area (Å²) in [7, 11) is -3.29. The molecule has 224 valence electrons. The zero-order valence-corrected chi connectivity index (χ0v) is 29.2. The second-order valence-corrected chi connectivity index (χ2v) is 20.0. The van der Waals surface area contributed by atoms with Crippen LogP contribution in [0.15, 0.2) is 152 Å². The molecule has 3 heteroatoms. The molecule has 5 aromatic rings. The van der Waals surface area contributed by atoms with Crippen molar-refractivity contribution in [1.82, 2.24) is 0 Å². The van der Waals surface area contributed by atoms with Gasteiger partial charge in [-0.2, -0.15) is 0 Å². The molecule has 0 saturated heterocycles. The molecule has 0 fully saturated rings. The summed E-state index contributed by atoms with van der Waals surface area (Å²) in [5.41, 5.74) is 2.61. The van der Waals surface area contributed by atoms with Gasteiger partial charge in [-0.25, -0.2) is 0 Å². The first-order valence-corrected chi connectivity index (χ1v) is 21.4. The van der Waals surface area contributed by atoms with Crippen molar-refractivity contribution in [2.75, 3.05) is 23.8 Å². The Morgan fingerprint density at radius 2 is 0.886 bits per heavy atom. The maximum atomic E-state index is 4.05. The monoisotopic (exact) mass is 678 g/mol. The minimum absolute atomic E-state index is 1.07. The van der Waals surface area contributed by atoms with Crippen LogP contribution in [0.4, 0.5) is 0 Å². The lowest BCUT2D eigenvalue weighted by Crippen LogP contribution is -2.29. The maximum Gasteiger partial charge on any atom is 0.0995 e. The molecule has 0 nitrogen and oxygen atoms in total. The van der Waals surface area contributed by atoms with Crippen LogP contribution in [0.3, 0.4) is 0 Å². The lowest BCUT2D eigenvalue weighted by molar-refractivity contribution is 0.874. The average molecular weight is 680 g/mol. The van der Waals surface area contributed by atoms with Crippen molar-refractivity contribution in [3.63, 3.8) is 0 Å². The molecule has 0 radical (unpaired) electrons. The van der Waals surface area contributed by atoms with Crippen LogP contribution in [0.5, 0.6) is 0 Å². The molecule has 0 aliphatic rings. The summed E-state index contributed by atoms with van der Waals surface area (Å²) in [6.07, 6.45) is 11.7. The Hall–Kier alpha value is -2.82. The van der Waals surface area contributed by atoms with E-state index in [1.54, 1.807) is 10.6 Å². The third kappa shape index (κ3) is 7.87. The van der Waals surface area contributed by atoms with Crippen LogP contribution >= 0.6 is 30.5 Å². The van der Waals surface area contributed by atoms with Gasteiger partial charge in [0.05, 0.1) is 60.4 Å². The highest BCUT2D eigenvalue weighted by Crippen LogP contribution is 2.61. The van der Waals surface area contributed by atoms with Crippen LogP contribution in [0.1, 0.15) is 36.8 Å². The summed E-state index contributed by atoms with van der Waals surface area (Å²) in [4.78, 5) is 0. The largest absolute Gasteiger partial charge is 0.0995 e. The van der Waals surface area contributed by atoms with Gasteiger partial charge in [0.25, 0.3) is 0 Å². The number of benzene rings is 5. The minimum Gasteiger partial charge on any atom is -0.0985 e. The van der Waals surface area contributed by atoms with Crippen LogP contribution in [0.2, 0.25) is 0 Å². The van der Waals surface area contributed by atoms with E-state index in [0.717, 1.165) is 11.5 Å². The average Bonchev–Trinajstić information content (AvgIpc) is 3.10. The summed E-state index contributed by atoms with van der Waals surface area (Å²) in [5.74, 6) is 0. The zero-order valence-electron chi connectivity index (χ0n) is 25.8. The van der Waals surface area contributed by atoms with Gasteiger partial charge in [0.2, 0.25) is 0 Å². The molecular weight excluding hydrogens is 634 g/mol. The van der Waals surface area contributed by atoms with E-state index < -0.39 is 14.5 Å². The van der Waals surface area contributed by atoms with E-state index in [0.29, 0.717) is 0 Å². The predicted molar refractivity (Wildman–Crippen MR) is 205 cm³/mol. The zero-order chi connectivity index (χ0) is 30.5. The van der Waals surface area contributed by atoms with Crippen molar-refractivity contribution in [1.29, 1.82) is 0 Å². The highest BCUT2D eigenvalue weighted by Gasteiger charge is 2.44. The minimum atomic E-state index is -1.73. The van der Waals surface area contributed by atoms with Crippen molar-refractivity contribution < 1.29 is 0 Å². The second-order valence-electron chi connectivity index (χ2n) is 11.7. The number of alkyl halides is 1. The van der Waals surface area contributed by atoms with Gasteiger partial charge < -0.3 is 0 Å². The molecule has 5 rings (SSSR count). The topological polar surface area (TPSA) is 0 Å². The molecule has 0 N–H and O–H groups in total. The van der Waals surface area contributed by atoms with E-state index in [9.17, 15) is 0 Å². The van der Waals surface area contributed by atoms with Gasteiger partial charge in [-0.3, -0.25) is 0 Å². The van der Waals surface area contributed by atoms with Crippen LogP contribution in [-0.4, -0.2) is 23.8 Å². The summed E-state index contributed by atoms with van der Waals surface area (Å²) in [5, 5.41) is 7.23. The first-order valence-electron chi connectivity index (χ1n) is 15.9. The molecule has 0 spiro atoms. The Labute approximate surface area is 275 Å². The number of halogens is 1. The third-order valence-corrected chi connectivity index (χ3v) is 18.7. The van der Waals surface area contributed by atoms with E-state index in [1.807, 2.05) is 6.08 Å². The van der Waals surface area contributed by atoms with E-state index >= 15 is 0 Å². The van der Waals surface area contributed by atoms with E-state index in [4.69, 9.17) is 0 Å². The van der Waals surface area contributed by atoms with Crippen molar-refractivity contribution >= 4 is 57.7 Å². The predicted octanol–water partition coefficient (Wildman–Crippen LogP) is 10.1. The molecule has 0 bridgehead atoms. The first kappa shape index (κ1) is 32.6. The van der Waals surface area contributed by atoms with Crippen LogP contribution in [0.25, 0.3) is 6.08 Å². The molecule has 0 amide bonds. The van der Waals surface area contributed by atoms with Gasteiger partial charge in [-0.1, -0.05) is 120 Å². The van der Waals surface area contributed by atoms with Gasteiger partial charge in [0.1, 0.15) is 0 Å². The lowest BCUT2D eigenvalue weighted by atomic mass is 10.1. The van der Waals surface area contributed by atoms with Crippen LogP contribution in [0, 0.1) is 0 Å². The smallest absolute Gasteiger partial charge is 0.0985 e. The fourth-order valence-electron chi connectivity index (χ4n) is 6.67. The van der Waals surface area contributed by atoms with Gasteiger partial charge >= 0.3 is 0 Å². The quantitative estimate of drug-likeness (QED) is 0.0554. The first-order chi connectivity index (χ1) is 21.7. The van der Waals surface area contributed by atoms with Crippen molar-refractivity contribution in [3.05, 3.63) is 163 Å². The number of rotatable bonds is 16. The van der Waals surface area contributed by atoms with Gasteiger partial charge in [0.15, 0.2) is 0 Å². The standard InChI is InChI=1S/C41H45BrP2/c1-2-36-20-19-21-37(34-36)35-44(40-26-11-5-12-27-40,41-28-13-6-14-29-41)33-18-17-32-43(31-16-15-30-42,38-22-7-3-8-23-38)39-24-9-4-10-25-39/h2-14,19-29,34H,1,15-18,30-33,35H2/q+2. The lowest BCUT2D eigenvalue weighted by Gasteiger charge is -2.30. The Balaban J connectivity index is 1.50. The Morgan fingerprint density at radius 3 is 1.32 bits per heavy atom. The van der Waals surface area contributed by atoms with Crippen LogP contribution < -0.4 is 21.2 Å². The summed E-state index contributed by atoms with van der Waals surface area (Å²) in [6.45, 7) is 4.05. The molecule has 0 atom stereocenters. The molecular formula is C41H45BrP2+2. The molecule has 5 aromatic carbocycles. The number of unbranched alkanes of at least 4 members (excludes halogenated alkanes) is 2. The van der Waals surface area contributed by atoms with E-state index in [1.165, 1.54) is 65.9 Å². The van der Waals surface area contributed by atoms with Gasteiger partial charge in [0, 0.05) is 5.33 Å². The summed E-state index contributed by atoms with van der Waals surface area (Å²) < 4.78 is 0. The van der Waals surface area contributed by atoms with E-state index in [-0.39, 0.29) is 0 Å². The number of hydrogen-bond acceptors (Lipinski definition) is 0. The fourth-order valence-corrected chi connectivity index (χ4v) is 16.0. The van der Waals surface area contributed by atoms with Crippen molar-refractivity contribution in [2.24, 2.45) is 0 Å². The molecule has 0 aliphatic carbocycles. The molecule has 44 heavy (non-hydrogen) atoms. The van der Waals surface area contributed by atoms with Crippen molar-refractivity contribution in [3.8, 4) is 0 Å². The van der Waals surface area contributed by atoms with Crippen molar-refractivity contribution in [2.45, 2.75) is 31.8 Å². The molecule has 0 saturated carbocycles. The van der Waals surface area contributed by atoms with Gasteiger partial charge in [-0.15, -0.1) is 0 Å². The van der Waals surface area contributed by atoms with Gasteiger partial charge in [-0.05, 0) is 91.4 Å². The van der Waals surface area contributed by atoms with E-state index in [2.05, 4.69) is 168 Å². The Morgan fingerprint density at radius 1 is 0.477 bits per heavy atom. The van der Waals surface area contributed by atoms with Crippen LogP contribution in [-0.2, 0) is 6.16 Å². The number of hydrogen-bond donors (Lipinski definition) is 0. The molecule has 0 aromatic heterocycles. The highest BCUT2D eigenvalue weighted by atomic mass is 79.9. The SMILES string of the molecule is C=Cc1cccc(C[P+](CCCC[P+](CCCCBr)(c2ccccc2)c2ccccc2)(c2ccccc2)c2ccccc2)c1. The normalized spacial score (nSPS) is 11.8. The highest BCUT2D eigenvalue weighted by molar-refractivity contribution is 9.09. The molecule has 0 heterocycles. The second kappa shape index (κ2) is 16.5. The fraction of sp³-hybridized carbons (Fsp3) is 0.220. The molecule has 0 aliphatic heterocycles. The molecule has 0 unspecified atom stereocenters. The third-order valence-electron chi connectivity index (χ3n) is 8.89.